The highest BCUT2D eigenvalue weighted by Crippen LogP contribution is 2.25. The van der Waals surface area contributed by atoms with E-state index in [2.05, 4.69) is 4.98 Å². The molecule has 0 saturated heterocycles. The third-order valence-corrected chi connectivity index (χ3v) is 4.61. The SMILES string of the molecule is COc1ccc2ccc(OC(=O)Cn3cnc4c(C)cccc4c3=O)cc2c1. The van der Waals surface area contributed by atoms with Crippen molar-refractivity contribution in [3.8, 4) is 11.5 Å². The number of hydrogen-bond donors (Lipinski definition) is 0. The summed E-state index contributed by atoms with van der Waals surface area (Å²) in [6.07, 6.45) is 1.38. The van der Waals surface area contributed by atoms with Crippen molar-refractivity contribution >= 4 is 27.6 Å². The second-order valence-corrected chi connectivity index (χ2v) is 6.50. The Bertz CT molecular complexity index is 1260. The summed E-state index contributed by atoms with van der Waals surface area (Å²) in [5.74, 6) is 0.585. The molecule has 6 heteroatoms. The number of fused-ring (bicyclic) bond motifs is 2. The molecule has 0 aliphatic carbocycles. The summed E-state index contributed by atoms with van der Waals surface area (Å²) < 4.78 is 11.9. The van der Waals surface area contributed by atoms with Crippen LogP contribution in [0, 0.1) is 6.92 Å². The fourth-order valence-electron chi connectivity index (χ4n) is 3.15. The van der Waals surface area contributed by atoms with Gasteiger partial charge in [-0.1, -0.05) is 24.3 Å². The quantitative estimate of drug-likeness (QED) is 0.404. The lowest BCUT2D eigenvalue weighted by molar-refractivity contribution is -0.135. The number of carbonyl (C=O) groups excluding carboxylic acids is 1. The number of aromatic nitrogens is 2. The first kappa shape index (κ1) is 17.7. The molecule has 4 rings (SSSR count). The molecule has 1 aromatic heterocycles. The van der Waals surface area contributed by atoms with E-state index in [0.717, 1.165) is 22.1 Å². The van der Waals surface area contributed by atoms with Crippen molar-refractivity contribution in [3.05, 3.63) is 76.8 Å². The first-order valence-electron chi connectivity index (χ1n) is 8.78. The Morgan fingerprint density at radius 3 is 2.57 bits per heavy atom. The molecule has 3 aromatic carbocycles. The summed E-state index contributed by atoms with van der Waals surface area (Å²) in [6, 6.07) is 16.4. The van der Waals surface area contributed by atoms with Gasteiger partial charge in [0.15, 0.2) is 0 Å². The number of nitrogens with zero attached hydrogens (tertiary/aromatic N) is 2. The molecule has 0 aliphatic rings. The highest BCUT2D eigenvalue weighted by Gasteiger charge is 2.11. The van der Waals surface area contributed by atoms with E-state index in [-0.39, 0.29) is 12.1 Å². The molecule has 0 atom stereocenters. The number of ether oxygens (including phenoxy) is 2. The molecular formula is C22H18N2O4. The lowest BCUT2D eigenvalue weighted by Gasteiger charge is -2.09. The van der Waals surface area contributed by atoms with Gasteiger partial charge < -0.3 is 9.47 Å². The van der Waals surface area contributed by atoms with E-state index in [0.29, 0.717) is 16.7 Å². The molecule has 140 valence electrons. The number of para-hydroxylation sites is 1. The van der Waals surface area contributed by atoms with Crippen molar-refractivity contribution < 1.29 is 14.3 Å². The maximum atomic E-state index is 12.6. The third kappa shape index (κ3) is 3.32. The molecule has 28 heavy (non-hydrogen) atoms. The molecule has 0 amide bonds. The number of carbonyl (C=O) groups is 1. The van der Waals surface area contributed by atoms with E-state index in [9.17, 15) is 9.59 Å². The Morgan fingerprint density at radius 2 is 1.79 bits per heavy atom. The van der Waals surface area contributed by atoms with E-state index in [1.807, 2.05) is 37.3 Å². The van der Waals surface area contributed by atoms with Gasteiger partial charge in [-0.05, 0) is 53.6 Å². The van der Waals surface area contributed by atoms with Crippen LogP contribution < -0.4 is 15.0 Å². The van der Waals surface area contributed by atoms with Crippen molar-refractivity contribution in [2.24, 2.45) is 0 Å². The van der Waals surface area contributed by atoms with Crippen LogP contribution in [-0.2, 0) is 11.3 Å². The van der Waals surface area contributed by atoms with E-state index in [4.69, 9.17) is 9.47 Å². The molecule has 6 nitrogen and oxygen atoms in total. The lowest BCUT2D eigenvalue weighted by atomic mass is 10.1. The molecule has 0 radical (unpaired) electrons. The van der Waals surface area contributed by atoms with Crippen molar-refractivity contribution in [2.75, 3.05) is 7.11 Å². The monoisotopic (exact) mass is 374 g/mol. The summed E-state index contributed by atoms with van der Waals surface area (Å²) >= 11 is 0. The Morgan fingerprint density at radius 1 is 1.04 bits per heavy atom. The van der Waals surface area contributed by atoms with Crippen LogP contribution in [0.4, 0.5) is 0 Å². The smallest absolute Gasteiger partial charge is 0.331 e. The minimum absolute atomic E-state index is 0.216. The number of methoxy groups -OCH3 is 1. The van der Waals surface area contributed by atoms with Crippen LogP contribution in [0.1, 0.15) is 5.56 Å². The zero-order chi connectivity index (χ0) is 19.7. The molecule has 4 aromatic rings. The highest BCUT2D eigenvalue weighted by molar-refractivity contribution is 5.86. The minimum Gasteiger partial charge on any atom is -0.497 e. The van der Waals surface area contributed by atoms with Gasteiger partial charge in [0.25, 0.3) is 5.56 Å². The van der Waals surface area contributed by atoms with Crippen molar-refractivity contribution in [1.82, 2.24) is 9.55 Å². The summed E-state index contributed by atoms with van der Waals surface area (Å²) in [5, 5.41) is 2.38. The van der Waals surface area contributed by atoms with E-state index in [1.165, 1.54) is 10.9 Å². The Kier molecular flexibility index (Phi) is 4.53. The Labute approximate surface area is 161 Å². The molecule has 0 spiro atoms. The molecule has 1 heterocycles. The minimum atomic E-state index is -0.543. The number of rotatable bonds is 4. The van der Waals surface area contributed by atoms with Gasteiger partial charge in [0.1, 0.15) is 18.0 Å². The molecule has 0 unspecified atom stereocenters. The zero-order valence-electron chi connectivity index (χ0n) is 15.5. The van der Waals surface area contributed by atoms with Gasteiger partial charge in [0.2, 0.25) is 0 Å². The third-order valence-electron chi connectivity index (χ3n) is 4.61. The fourth-order valence-corrected chi connectivity index (χ4v) is 3.15. The second-order valence-electron chi connectivity index (χ2n) is 6.50. The molecule has 0 fully saturated rings. The van der Waals surface area contributed by atoms with Crippen LogP contribution in [0.15, 0.2) is 65.7 Å². The van der Waals surface area contributed by atoms with Crippen LogP contribution in [-0.4, -0.2) is 22.6 Å². The molecule has 0 bridgehead atoms. The molecule has 0 aliphatic heterocycles. The van der Waals surface area contributed by atoms with Gasteiger partial charge in [-0.25, -0.2) is 9.78 Å². The van der Waals surface area contributed by atoms with Crippen LogP contribution in [0.25, 0.3) is 21.7 Å². The second kappa shape index (κ2) is 7.15. The van der Waals surface area contributed by atoms with Crippen LogP contribution in [0.2, 0.25) is 0 Å². The Hall–Kier alpha value is -3.67. The van der Waals surface area contributed by atoms with Gasteiger partial charge in [-0.2, -0.15) is 0 Å². The lowest BCUT2D eigenvalue weighted by Crippen LogP contribution is -2.27. The van der Waals surface area contributed by atoms with Gasteiger partial charge >= 0.3 is 5.97 Å². The maximum absolute atomic E-state index is 12.6. The first-order chi connectivity index (χ1) is 13.5. The molecule has 0 saturated carbocycles. The van der Waals surface area contributed by atoms with E-state index in [1.54, 1.807) is 31.4 Å². The topological polar surface area (TPSA) is 70.4 Å². The van der Waals surface area contributed by atoms with Crippen LogP contribution >= 0.6 is 0 Å². The summed E-state index contributed by atoms with van der Waals surface area (Å²) in [6.45, 7) is 1.67. The van der Waals surface area contributed by atoms with Crippen molar-refractivity contribution in [3.63, 3.8) is 0 Å². The Balaban J connectivity index is 1.58. The maximum Gasteiger partial charge on any atom is 0.331 e. The predicted molar refractivity (Wildman–Crippen MR) is 107 cm³/mol. The average molecular weight is 374 g/mol. The number of aryl methyl sites for hydroxylation is 1. The number of esters is 1. The largest absolute Gasteiger partial charge is 0.497 e. The summed E-state index contributed by atoms with van der Waals surface area (Å²) in [5.41, 5.74) is 1.28. The number of benzene rings is 3. The summed E-state index contributed by atoms with van der Waals surface area (Å²) in [4.78, 5) is 29.3. The molecule has 0 N–H and O–H groups in total. The number of hydrogen-bond acceptors (Lipinski definition) is 5. The fraction of sp³-hybridized carbons (Fsp3) is 0.136. The zero-order valence-corrected chi connectivity index (χ0v) is 15.5. The van der Waals surface area contributed by atoms with Crippen molar-refractivity contribution in [2.45, 2.75) is 13.5 Å². The van der Waals surface area contributed by atoms with Crippen molar-refractivity contribution in [1.29, 1.82) is 0 Å². The normalized spacial score (nSPS) is 10.9. The van der Waals surface area contributed by atoms with E-state index < -0.39 is 5.97 Å². The first-order valence-corrected chi connectivity index (χ1v) is 8.78. The van der Waals surface area contributed by atoms with Gasteiger partial charge in [-0.3, -0.25) is 9.36 Å². The standard InChI is InChI=1S/C22H18N2O4/c1-14-4-3-5-19-21(14)23-13-24(22(19)26)12-20(25)28-18-9-7-15-6-8-17(27-2)10-16(15)11-18/h3-11,13H,12H2,1-2H3. The predicted octanol–water partition coefficient (Wildman–Crippen LogP) is 3.47. The molecular weight excluding hydrogens is 356 g/mol. The average Bonchev–Trinajstić information content (AvgIpc) is 2.70. The van der Waals surface area contributed by atoms with Crippen LogP contribution in [0.5, 0.6) is 11.5 Å². The van der Waals surface area contributed by atoms with Gasteiger partial charge in [0, 0.05) is 0 Å². The highest BCUT2D eigenvalue weighted by atomic mass is 16.5. The summed E-state index contributed by atoms with van der Waals surface area (Å²) in [7, 11) is 1.60. The van der Waals surface area contributed by atoms with Gasteiger partial charge in [0.05, 0.1) is 24.3 Å². The van der Waals surface area contributed by atoms with Crippen LogP contribution in [0.3, 0.4) is 0 Å². The van der Waals surface area contributed by atoms with Gasteiger partial charge in [-0.15, -0.1) is 0 Å². The van der Waals surface area contributed by atoms with E-state index >= 15 is 0 Å².